The predicted molar refractivity (Wildman–Crippen MR) is 83.0 cm³/mol. The number of carbonyl (C=O) groups excluding carboxylic acids is 1. The van der Waals surface area contributed by atoms with Crippen LogP contribution < -0.4 is 0 Å². The van der Waals surface area contributed by atoms with E-state index in [0.717, 1.165) is 12.8 Å². The van der Waals surface area contributed by atoms with Gasteiger partial charge in [0.15, 0.2) is 0 Å². The molecule has 1 N–H and O–H groups in total. The molecule has 23 heavy (non-hydrogen) atoms. The standard InChI is InChI=1S/C16H19ClN2O4/c1-10-12(16(17)23-18-10)9-15(21)19-6-2-4-11(19)8-13(20)14-5-3-7-22-14/h3,5,7,11,13,20H,2,4,6,8-9H2,1H3. The average Bonchev–Trinajstić information content (AvgIpc) is 3.25. The van der Waals surface area contributed by atoms with E-state index in [9.17, 15) is 9.90 Å². The summed E-state index contributed by atoms with van der Waals surface area (Å²) in [6.07, 6.45) is 3.27. The summed E-state index contributed by atoms with van der Waals surface area (Å²) >= 11 is 5.93. The highest BCUT2D eigenvalue weighted by Gasteiger charge is 2.32. The maximum atomic E-state index is 12.6. The van der Waals surface area contributed by atoms with E-state index >= 15 is 0 Å². The lowest BCUT2D eigenvalue weighted by atomic mass is 10.0. The number of hydrogen-bond donors (Lipinski definition) is 1. The second-order valence-electron chi connectivity index (χ2n) is 5.85. The molecule has 0 aliphatic carbocycles. The number of aryl methyl sites for hydroxylation is 1. The quantitative estimate of drug-likeness (QED) is 0.906. The smallest absolute Gasteiger partial charge is 0.229 e. The maximum absolute atomic E-state index is 12.6. The molecule has 6 nitrogen and oxygen atoms in total. The molecule has 0 radical (unpaired) electrons. The van der Waals surface area contributed by atoms with E-state index in [4.69, 9.17) is 20.5 Å². The Balaban J connectivity index is 1.65. The molecule has 2 aromatic heterocycles. The van der Waals surface area contributed by atoms with Crippen LogP contribution in [0.25, 0.3) is 0 Å². The highest BCUT2D eigenvalue weighted by molar-refractivity contribution is 6.29. The van der Waals surface area contributed by atoms with Gasteiger partial charge in [0.25, 0.3) is 0 Å². The molecule has 1 saturated heterocycles. The molecule has 2 unspecified atom stereocenters. The molecule has 124 valence electrons. The third-order valence-electron chi connectivity index (χ3n) is 4.33. The second kappa shape index (κ2) is 6.76. The molecule has 0 spiro atoms. The monoisotopic (exact) mass is 338 g/mol. The number of aromatic nitrogens is 1. The Morgan fingerprint density at radius 2 is 2.43 bits per heavy atom. The molecule has 1 amide bonds. The molecule has 3 heterocycles. The zero-order valence-electron chi connectivity index (χ0n) is 12.9. The minimum absolute atomic E-state index is 0.00143. The number of aliphatic hydroxyl groups excluding tert-OH is 1. The van der Waals surface area contributed by atoms with Gasteiger partial charge in [-0.05, 0) is 43.5 Å². The van der Waals surface area contributed by atoms with Crippen LogP contribution in [0.5, 0.6) is 0 Å². The van der Waals surface area contributed by atoms with Crippen LogP contribution in [0.4, 0.5) is 0 Å². The van der Waals surface area contributed by atoms with Crippen molar-refractivity contribution in [3.8, 4) is 0 Å². The SMILES string of the molecule is Cc1noc(Cl)c1CC(=O)N1CCCC1CC(O)c1ccco1. The van der Waals surface area contributed by atoms with Crippen molar-refractivity contribution in [1.29, 1.82) is 0 Å². The lowest BCUT2D eigenvalue weighted by Gasteiger charge is -2.26. The Morgan fingerprint density at radius 3 is 3.09 bits per heavy atom. The average molecular weight is 339 g/mol. The van der Waals surface area contributed by atoms with Gasteiger partial charge >= 0.3 is 0 Å². The Morgan fingerprint density at radius 1 is 1.61 bits per heavy atom. The molecule has 2 aromatic rings. The van der Waals surface area contributed by atoms with Crippen LogP contribution in [0.1, 0.15) is 42.4 Å². The summed E-state index contributed by atoms with van der Waals surface area (Å²) < 4.78 is 10.1. The lowest BCUT2D eigenvalue weighted by molar-refractivity contribution is -0.131. The fraction of sp³-hybridized carbons (Fsp3) is 0.500. The first-order valence-corrected chi connectivity index (χ1v) is 8.05. The van der Waals surface area contributed by atoms with Crippen LogP contribution in [0.3, 0.4) is 0 Å². The zero-order chi connectivity index (χ0) is 16.4. The molecule has 0 bridgehead atoms. The first kappa shape index (κ1) is 16.1. The molecule has 1 aliphatic heterocycles. The van der Waals surface area contributed by atoms with E-state index in [1.54, 1.807) is 19.1 Å². The molecule has 1 fully saturated rings. The summed E-state index contributed by atoms with van der Waals surface area (Å²) in [7, 11) is 0. The number of hydrogen-bond acceptors (Lipinski definition) is 5. The number of nitrogens with zero attached hydrogens (tertiary/aromatic N) is 2. The van der Waals surface area contributed by atoms with Gasteiger partial charge in [-0.3, -0.25) is 4.79 Å². The Hall–Kier alpha value is -1.79. The first-order chi connectivity index (χ1) is 11.1. The van der Waals surface area contributed by atoms with Gasteiger partial charge < -0.3 is 18.9 Å². The van der Waals surface area contributed by atoms with Crippen LogP contribution in [0.2, 0.25) is 5.22 Å². The summed E-state index contributed by atoms with van der Waals surface area (Å²) in [5.74, 6) is 0.509. The minimum Gasteiger partial charge on any atom is -0.467 e. The number of furan rings is 1. The van der Waals surface area contributed by atoms with Crippen molar-refractivity contribution in [2.45, 2.75) is 44.8 Å². The number of carbonyl (C=O) groups is 1. The van der Waals surface area contributed by atoms with E-state index in [-0.39, 0.29) is 23.6 Å². The third-order valence-corrected chi connectivity index (χ3v) is 4.63. The number of amides is 1. The maximum Gasteiger partial charge on any atom is 0.229 e. The normalized spacial score (nSPS) is 19.3. The number of aliphatic hydroxyl groups is 1. The molecule has 2 atom stereocenters. The summed E-state index contributed by atoms with van der Waals surface area (Å²) in [6, 6.07) is 3.49. The summed E-state index contributed by atoms with van der Waals surface area (Å²) in [5, 5.41) is 14.2. The molecule has 3 rings (SSSR count). The predicted octanol–water partition coefficient (Wildman–Crippen LogP) is 2.89. The van der Waals surface area contributed by atoms with Gasteiger partial charge in [-0.1, -0.05) is 5.16 Å². The van der Waals surface area contributed by atoms with Crippen molar-refractivity contribution >= 4 is 17.5 Å². The van der Waals surface area contributed by atoms with Gasteiger partial charge in [-0.25, -0.2) is 0 Å². The Kier molecular flexibility index (Phi) is 4.73. The fourth-order valence-corrected chi connectivity index (χ4v) is 3.31. The molecular weight excluding hydrogens is 320 g/mol. The molecule has 0 saturated carbocycles. The van der Waals surface area contributed by atoms with E-state index < -0.39 is 6.10 Å². The Labute approximate surface area is 139 Å². The Bertz CT molecular complexity index is 648. The largest absolute Gasteiger partial charge is 0.467 e. The minimum atomic E-state index is -0.704. The number of likely N-dealkylation sites (tertiary alicyclic amines) is 1. The van der Waals surface area contributed by atoms with Gasteiger partial charge in [-0.2, -0.15) is 0 Å². The van der Waals surface area contributed by atoms with Crippen molar-refractivity contribution in [2.24, 2.45) is 0 Å². The van der Waals surface area contributed by atoms with Gasteiger partial charge in [-0.15, -0.1) is 0 Å². The topological polar surface area (TPSA) is 79.7 Å². The number of rotatable bonds is 5. The van der Waals surface area contributed by atoms with Crippen molar-refractivity contribution < 1.29 is 18.8 Å². The fourth-order valence-electron chi connectivity index (χ4n) is 3.07. The van der Waals surface area contributed by atoms with Gasteiger partial charge in [0.1, 0.15) is 11.9 Å². The summed E-state index contributed by atoms with van der Waals surface area (Å²) in [5.41, 5.74) is 1.27. The van der Waals surface area contributed by atoms with Crippen molar-refractivity contribution in [1.82, 2.24) is 10.1 Å². The van der Waals surface area contributed by atoms with Crippen LogP contribution in [-0.4, -0.2) is 33.7 Å². The van der Waals surface area contributed by atoms with E-state index in [0.29, 0.717) is 30.0 Å². The van der Waals surface area contributed by atoms with E-state index in [2.05, 4.69) is 5.16 Å². The first-order valence-electron chi connectivity index (χ1n) is 7.68. The number of halogens is 1. The lowest BCUT2D eigenvalue weighted by Crippen LogP contribution is -2.37. The third kappa shape index (κ3) is 3.43. The molecular formula is C16H19ClN2O4. The van der Waals surface area contributed by atoms with Crippen LogP contribution >= 0.6 is 11.6 Å². The molecule has 0 aromatic carbocycles. The molecule has 1 aliphatic rings. The zero-order valence-corrected chi connectivity index (χ0v) is 13.6. The van der Waals surface area contributed by atoms with Crippen LogP contribution in [-0.2, 0) is 11.2 Å². The summed E-state index contributed by atoms with van der Waals surface area (Å²) in [6.45, 7) is 2.45. The van der Waals surface area contributed by atoms with E-state index in [1.165, 1.54) is 6.26 Å². The second-order valence-corrected chi connectivity index (χ2v) is 6.19. The van der Waals surface area contributed by atoms with Gasteiger partial charge in [0, 0.05) is 24.6 Å². The van der Waals surface area contributed by atoms with Crippen molar-refractivity contribution in [2.75, 3.05) is 6.54 Å². The van der Waals surface area contributed by atoms with Crippen LogP contribution in [0, 0.1) is 6.92 Å². The summed E-state index contributed by atoms with van der Waals surface area (Å²) in [4.78, 5) is 14.4. The molecule has 7 heteroatoms. The van der Waals surface area contributed by atoms with Gasteiger partial charge in [0.05, 0.1) is 18.4 Å². The highest BCUT2D eigenvalue weighted by atomic mass is 35.5. The van der Waals surface area contributed by atoms with Gasteiger partial charge in [0.2, 0.25) is 11.1 Å². The van der Waals surface area contributed by atoms with Crippen molar-refractivity contribution in [3.63, 3.8) is 0 Å². The highest BCUT2D eigenvalue weighted by Crippen LogP contribution is 2.29. The van der Waals surface area contributed by atoms with E-state index in [1.807, 2.05) is 4.90 Å². The van der Waals surface area contributed by atoms with Crippen LogP contribution in [0.15, 0.2) is 27.3 Å². The van der Waals surface area contributed by atoms with Crippen molar-refractivity contribution in [3.05, 3.63) is 40.6 Å².